The van der Waals surface area contributed by atoms with E-state index in [1.54, 1.807) is 25.1 Å². The minimum absolute atomic E-state index is 0.202. The van der Waals surface area contributed by atoms with Gasteiger partial charge in [-0.25, -0.2) is 9.78 Å². The Balaban J connectivity index is 2.10. The van der Waals surface area contributed by atoms with Gasteiger partial charge >= 0.3 is 5.97 Å². The fraction of sp³-hybridized carbons (Fsp3) is 0.360. The Morgan fingerprint density at radius 3 is 2.33 bits per heavy atom. The van der Waals surface area contributed by atoms with E-state index in [0.29, 0.717) is 16.6 Å². The summed E-state index contributed by atoms with van der Waals surface area (Å²) in [5, 5.41) is 41.9. The lowest BCUT2D eigenvalue weighted by Gasteiger charge is -2.23. The number of anilines is 1. The Kier molecular flexibility index (Phi) is 8.21. The number of fused-ring (bicyclic) bond motifs is 1. The standard InChI is InChI=1S/C25H29N3O8/c1-12-5-6-15(25(35)36-4)9-16(12)27-23(33)21-24(34)28(10-19(30)22(32)20(31)11-29)18-8-14(3)13(2)7-17(18)26-21/h5-9,19-20,22,29-32H,10-11H2,1-4H3,(H,27,33)/t19-,20+,22-/m0/s1. The van der Waals surface area contributed by atoms with Gasteiger partial charge in [-0.2, -0.15) is 0 Å². The molecular formula is C25H29N3O8. The van der Waals surface area contributed by atoms with Crippen LogP contribution in [0.2, 0.25) is 0 Å². The summed E-state index contributed by atoms with van der Waals surface area (Å²) in [6.45, 7) is 4.10. The molecule has 11 nitrogen and oxygen atoms in total. The number of nitrogens with one attached hydrogen (secondary N) is 1. The van der Waals surface area contributed by atoms with E-state index in [2.05, 4.69) is 10.3 Å². The highest BCUT2D eigenvalue weighted by atomic mass is 16.5. The van der Waals surface area contributed by atoms with E-state index < -0.39 is 54.6 Å². The van der Waals surface area contributed by atoms with Crippen molar-refractivity contribution in [2.24, 2.45) is 0 Å². The monoisotopic (exact) mass is 499 g/mol. The maximum atomic E-state index is 13.4. The first-order valence-corrected chi connectivity index (χ1v) is 11.2. The second-order valence-electron chi connectivity index (χ2n) is 8.58. The van der Waals surface area contributed by atoms with Crippen LogP contribution in [0.3, 0.4) is 0 Å². The summed E-state index contributed by atoms with van der Waals surface area (Å²) in [6, 6.07) is 7.93. The number of hydrogen-bond acceptors (Lipinski definition) is 9. The van der Waals surface area contributed by atoms with Crippen molar-refractivity contribution in [2.75, 3.05) is 19.0 Å². The van der Waals surface area contributed by atoms with E-state index in [1.165, 1.54) is 19.2 Å². The van der Waals surface area contributed by atoms with Crippen molar-refractivity contribution in [1.82, 2.24) is 9.55 Å². The van der Waals surface area contributed by atoms with Gasteiger partial charge in [0.2, 0.25) is 0 Å². The van der Waals surface area contributed by atoms with E-state index in [9.17, 15) is 29.7 Å². The van der Waals surface area contributed by atoms with Crippen LogP contribution in [0.4, 0.5) is 5.69 Å². The molecule has 3 atom stereocenters. The van der Waals surface area contributed by atoms with Crippen LogP contribution in [0.15, 0.2) is 35.1 Å². The minimum Gasteiger partial charge on any atom is -0.465 e. The van der Waals surface area contributed by atoms with Crippen LogP contribution in [0, 0.1) is 20.8 Å². The average molecular weight is 500 g/mol. The molecule has 2 aromatic carbocycles. The molecule has 0 spiro atoms. The Morgan fingerprint density at radius 2 is 1.69 bits per heavy atom. The Labute approximate surface area is 206 Å². The number of benzene rings is 2. The molecule has 0 saturated heterocycles. The molecule has 1 amide bonds. The number of aromatic nitrogens is 2. The van der Waals surface area contributed by atoms with Gasteiger partial charge in [0.25, 0.3) is 11.5 Å². The summed E-state index contributed by atoms with van der Waals surface area (Å²) >= 11 is 0. The number of esters is 1. The molecule has 11 heteroatoms. The topological polar surface area (TPSA) is 171 Å². The van der Waals surface area contributed by atoms with Gasteiger partial charge in [0, 0.05) is 5.69 Å². The third kappa shape index (κ3) is 5.44. The highest BCUT2D eigenvalue weighted by Crippen LogP contribution is 2.20. The fourth-order valence-electron chi connectivity index (χ4n) is 3.67. The van der Waals surface area contributed by atoms with Gasteiger partial charge in [-0.3, -0.25) is 9.59 Å². The lowest BCUT2D eigenvalue weighted by Crippen LogP contribution is -2.44. The number of aryl methyl sites for hydroxylation is 3. The number of carbonyl (C=O) groups is 2. The van der Waals surface area contributed by atoms with Gasteiger partial charge < -0.3 is 35.0 Å². The molecule has 0 radical (unpaired) electrons. The molecule has 0 aliphatic heterocycles. The molecule has 3 aromatic rings. The average Bonchev–Trinajstić information content (AvgIpc) is 2.86. The van der Waals surface area contributed by atoms with E-state index in [-0.39, 0.29) is 11.3 Å². The quantitative estimate of drug-likeness (QED) is 0.276. The molecule has 1 heterocycles. The Bertz CT molecular complexity index is 1370. The second kappa shape index (κ2) is 11.0. The van der Waals surface area contributed by atoms with Crippen molar-refractivity contribution < 1.29 is 34.8 Å². The van der Waals surface area contributed by atoms with Gasteiger partial charge in [0.15, 0.2) is 5.69 Å². The molecular weight excluding hydrogens is 470 g/mol. The number of aliphatic hydroxyl groups is 4. The smallest absolute Gasteiger partial charge is 0.337 e. The Hall–Kier alpha value is -3.64. The summed E-state index contributed by atoms with van der Waals surface area (Å²) in [5.74, 6) is -1.44. The highest BCUT2D eigenvalue weighted by Gasteiger charge is 2.27. The molecule has 0 fully saturated rings. The number of carbonyl (C=O) groups excluding carboxylic acids is 2. The SMILES string of the molecule is COC(=O)c1ccc(C)c(NC(=O)c2nc3cc(C)c(C)cc3n(C[C@H](O)[C@H](O)[C@H](O)CO)c2=O)c1. The van der Waals surface area contributed by atoms with Crippen molar-refractivity contribution in [3.05, 3.63) is 68.6 Å². The van der Waals surface area contributed by atoms with Gasteiger partial charge in [0.1, 0.15) is 18.3 Å². The molecule has 0 saturated carbocycles. The van der Waals surface area contributed by atoms with Crippen LogP contribution in [0.1, 0.15) is 37.5 Å². The van der Waals surface area contributed by atoms with E-state index in [4.69, 9.17) is 9.84 Å². The zero-order valence-electron chi connectivity index (χ0n) is 20.3. The van der Waals surface area contributed by atoms with Gasteiger partial charge in [0.05, 0.1) is 36.9 Å². The number of nitrogens with zero attached hydrogens (tertiary/aromatic N) is 2. The normalized spacial score (nSPS) is 13.8. The zero-order chi connectivity index (χ0) is 26.7. The van der Waals surface area contributed by atoms with E-state index >= 15 is 0 Å². The first-order chi connectivity index (χ1) is 17.0. The zero-order valence-corrected chi connectivity index (χ0v) is 20.3. The van der Waals surface area contributed by atoms with Crippen LogP contribution >= 0.6 is 0 Å². The van der Waals surface area contributed by atoms with Crippen molar-refractivity contribution in [3.63, 3.8) is 0 Å². The molecule has 0 unspecified atom stereocenters. The summed E-state index contributed by atoms with van der Waals surface area (Å²) in [6.07, 6.45) is -5.00. The minimum atomic E-state index is -1.74. The first kappa shape index (κ1) is 27.0. The summed E-state index contributed by atoms with van der Waals surface area (Å²) in [5.41, 5.74) is 2.08. The summed E-state index contributed by atoms with van der Waals surface area (Å²) in [4.78, 5) is 42.7. The predicted molar refractivity (Wildman–Crippen MR) is 131 cm³/mol. The highest BCUT2D eigenvalue weighted by molar-refractivity contribution is 6.04. The van der Waals surface area contributed by atoms with Crippen LogP contribution in [0.5, 0.6) is 0 Å². The fourth-order valence-corrected chi connectivity index (χ4v) is 3.67. The molecule has 5 N–H and O–H groups in total. The van der Waals surface area contributed by atoms with Gasteiger partial charge in [-0.05, 0) is 61.7 Å². The first-order valence-electron chi connectivity index (χ1n) is 11.2. The molecule has 1 aromatic heterocycles. The Morgan fingerprint density at radius 1 is 1.03 bits per heavy atom. The number of methoxy groups -OCH3 is 1. The van der Waals surface area contributed by atoms with Crippen LogP contribution < -0.4 is 10.9 Å². The third-order valence-corrected chi connectivity index (χ3v) is 6.03. The number of rotatable bonds is 8. The van der Waals surface area contributed by atoms with E-state index in [1.807, 2.05) is 13.8 Å². The lowest BCUT2D eigenvalue weighted by atomic mass is 10.1. The van der Waals surface area contributed by atoms with Gasteiger partial charge in [-0.15, -0.1) is 0 Å². The largest absolute Gasteiger partial charge is 0.465 e. The van der Waals surface area contributed by atoms with Crippen LogP contribution in [-0.2, 0) is 11.3 Å². The van der Waals surface area contributed by atoms with Gasteiger partial charge in [-0.1, -0.05) is 6.07 Å². The lowest BCUT2D eigenvalue weighted by molar-refractivity contribution is -0.0805. The van der Waals surface area contributed by atoms with Crippen molar-refractivity contribution in [1.29, 1.82) is 0 Å². The summed E-state index contributed by atoms with van der Waals surface area (Å²) in [7, 11) is 1.23. The van der Waals surface area contributed by atoms with Crippen LogP contribution in [0.25, 0.3) is 11.0 Å². The van der Waals surface area contributed by atoms with E-state index in [0.717, 1.165) is 15.7 Å². The predicted octanol–water partition coefficient (Wildman–Crippen LogP) is 0.436. The number of hydrogen-bond donors (Lipinski definition) is 5. The maximum absolute atomic E-state index is 13.4. The third-order valence-electron chi connectivity index (χ3n) is 6.03. The van der Waals surface area contributed by atoms with Crippen molar-refractivity contribution >= 4 is 28.6 Å². The van der Waals surface area contributed by atoms with Crippen molar-refractivity contribution in [3.8, 4) is 0 Å². The maximum Gasteiger partial charge on any atom is 0.337 e. The van der Waals surface area contributed by atoms with Crippen LogP contribution in [-0.4, -0.2) is 73.9 Å². The van der Waals surface area contributed by atoms with Crippen molar-refractivity contribution in [2.45, 2.75) is 45.6 Å². The number of aliphatic hydroxyl groups excluding tert-OH is 4. The molecule has 0 bridgehead atoms. The summed E-state index contributed by atoms with van der Waals surface area (Å²) < 4.78 is 5.81. The molecule has 0 aliphatic rings. The second-order valence-corrected chi connectivity index (χ2v) is 8.58. The number of ether oxygens (including phenoxy) is 1. The molecule has 192 valence electrons. The number of amides is 1. The molecule has 36 heavy (non-hydrogen) atoms. The molecule has 0 aliphatic carbocycles. The molecule has 3 rings (SSSR count).